The van der Waals surface area contributed by atoms with Crippen LogP contribution in [0.2, 0.25) is 0 Å². The number of ether oxygens (including phenoxy) is 1. The van der Waals surface area contributed by atoms with Crippen LogP contribution in [0.1, 0.15) is 5.56 Å². The Morgan fingerprint density at radius 1 is 1.24 bits per heavy atom. The van der Waals surface area contributed by atoms with Crippen molar-refractivity contribution in [1.29, 1.82) is 0 Å². The molecule has 17 heavy (non-hydrogen) atoms. The lowest BCUT2D eigenvalue weighted by Gasteiger charge is -2.12. The number of nitrogens with zero attached hydrogens (tertiary/aromatic N) is 1. The molecule has 2 nitrogen and oxygen atoms in total. The smallest absolute Gasteiger partial charge is 0.422 e. The van der Waals surface area contributed by atoms with E-state index in [0.29, 0.717) is 5.56 Å². The van der Waals surface area contributed by atoms with E-state index in [9.17, 15) is 13.2 Å². The molecule has 0 saturated carbocycles. The number of hydrogen-bond donors (Lipinski definition) is 0. The maximum Gasteiger partial charge on any atom is 0.422 e. The molecule has 1 aromatic carbocycles. The Hall–Kier alpha value is -1.78. The largest absolute Gasteiger partial charge is 0.484 e. The fourth-order valence-corrected chi connectivity index (χ4v) is 1.60. The van der Waals surface area contributed by atoms with Crippen molar-refractivity contribution >= 4 is 10.9 Å². The van der Waals surface area contributed by atoms with E-state index in [0.717, 1.165) is 10.9 Å². The number of fused-ring (bicyclic) bond motifs is 1. The van der Waals surface area contributed by atoms with E-state index in [1.54, 1.807) is 31.3 Å². The van der Waals surface area contributed by atoms with Crippen molar-refractivity contribution in [3.05, 3.63) is 36.0 Å². The number of alkyl halides is 3. The summed E-state index contributed by atoms with van der Waals surface area (Å²) >= 11 is 0. The summed E-state index contributed by atoms with van der Waals surface area (Å²) in [6, 6.07) is 6.70. The van der Waals surface area contributed by atoms with Crippen molar-refractivity contribution in [2.45, 2.75) is 13.1 Å². The maximum atomic E-state index is 12.0. The van der Waals surface area contributed by atoms with Crippen LogP contribution in [0.4, 0.5) is 13.2 Å². The summed E-state index contributed by atoms with van der Waals surface area (Å²) in [5, 5.41) is 0.798. The molecule has 1 aromatic heterocycles. The Balaban J connectivity index is 2.33. The molecule has 0 bridgehead atoms. The Bertz CT molecular complexity index is 537. The van der Waals surface area contributed by atoms with E-state index in [2.05, 4.69) is 4.98 Å². The van der Waals surface area contributed by atoms with Gasteiger partial charge in [0, 0.05) is 17.1 Å². The van der Waals surface area contributed by atoms with Crippen molar-refractivity contribution in [1.82, 2.24) is 4.98 Å². The van der Waals surface area contributed by atoms with Crippen molar-refractivity contribution in [3.63, 3.8) is 0 Å². The van der Waals surface area contributed by atoms with Crippen LogP contribution in [0.3, 0.4) is 0 Å². The van der Waals surface area contributed by atoms with Crippen LogP contribution in [0.25, 0.3) is 10.9 Å². The van der Waals surface area contributed by atoms with Crippen LogP contribution in [-0.2, 0) is 0 Å². The van der Waals surface area contributed by atoms with Gasteiger partial charge in [-0.25, -0.2) is 0 Å². The van der Waals surface area contributed by atoms with Gasteiger partial charge in [0.2, 0.25) is 0 Å². The van der Waals surface area contributed by atoms with Gasteiger partial charge in [0.25, 0.3) is 0 Å². The van der Waals surface area contributed by atoms with E-state index in [1.165, 1.54) is 6.07 Å². The standard InChI is InChI=1S/C12H10F3NO/c1-8-9-3-2-6-16-10(9)4-5-11(8)17-7-12(13,14)15/h2-6H,7H2,1H3. The zero-order chi connectivity index (χ0) is 12.5. The van der Waals surface area contributed by atoms with E-state index >= 15 is 0 Å². The summed E-state index contributed by atoms with van der Waals surface area (Å²) in [6.07, 6.45) is -2.69. The van der Waals surface area contributed by atoms with Crippen molar-refractivity contribution in [2.75, 3.05) is 6.61 Å². The number of aryl methyl sites for hydroxylation is 1. The zero-order valence-corrected chi connectivity index (χ0v) is 9.08. The molecular formula is C12H10F3NO. The minimum Gasteiger partial charge on any atom is -0.484 e. The number of hydrogen-bond acceptors (Lipinski definition) is 2. The average molecular weight is 241 g/mol. The summed E-state index contributed by atoms with van der Waals surface area (Å²) in [5.74, 6) is 0.239. The fourth-order valence-electron chi connectivity index (χ4n) is 1.60. The molecule has 0 aliphatic heterocycles. The SMILES string of the molecule is Cc1c(OCC(F)(F)F)ccc2ncccc12. The van der Waals surface area contributed by atoms with Crippen LogP contribution >= 0.6 is 0 Å². The number of pyridine rings is 1. The van der Waals surface area contributed by atoms with Crippen molar-refractivity contribution < 1.29 is 17.9 Å². The summed E-state index contributed by atoms with van der Waals surface area (Å²) in [7, 11) is 0. The van der Waals surface area contributed by atoms with Crippen LogP contribution < -0.4 is 4.74 Å². The lowest BCUT2D eigenvalue weighted by Crippen LogP contribution is -2.19. The highest BCUT2D eigenvalue weighted by Crippen LogP contribution is 2.27. The summed E-state index contributed by atoms with van der Waals surface area (Å²) in [6.45, 7) is 0.440. The highest BCUT2D eigenvalue weighted by atomic mass is 19.4. The lowest BCUT2D eigenvalue weighted by molar-refractivity contribution is -0.153. The number of rotatable bonds is 2. The molecule has 2 aromatic rings. The zero-order valence-electron chi connectivity index (χ0n) is 9.08. The molecule has 0 saturated heterocycles. The van der Waals surface area contributed by atoms with Crippen LogP contribution in [-0.4, -0.2) is 17.8 Å². The molecule has 0 spiro atoms. The molecule has 0 amide bonds. The van der Waals surface area contributed by atoms with Gasteiger partial charge in [-0.05, 0) is 25.1 Å². The molecule has 90 valence electrons. The van der Waals surface area contributed by atoms with Gasteiger partial charge in [0.05, 0.1) is 5.52 Å². The van der Waals surface area contributed by atoms with Gasteiger partial charge < -0.3 is 4.74 Å². The topological polar surface area (TPSA) is 22.1 Å². The van der Waals surface area contributed by atoms with Gasteiger partial charge >= 0.3 is 6.18 Å². The molecule has 0 fully saturated rings. The predicted molar refractivity (Wildman–Crippen MR) is 58.0 cm³/mol. The normalized spacial score (nSPS) is 11.8. The second-order valence-corrected chi connectivity index (χ2v) is 3.66. The Labute approximate surface area is 96.0 Å². The minimum atomic E-state index is -4.32. The van der Waals surface area contributed by atoms with Crippen molar-refractivity contribution in [2.24, 2.45) is 0 Å². The molecule has 0 radical (unpaired) electrons. The summed E-state index contributed by atoms with van der Waals surface area (Å²) < 4.78 is 40.9. The highest BCUT2D eigenvalue weighted by Gasteiger charge is 2.28. The van der Waals surface area contributed by atoms with Gasteiger partial charge in [0.1, 0.15) is 5.75 Å². The van der Waals surface area contributed by atoms with E-state index < -0.39 is 12.8 Å². The lowest BCUT2D eigenvalue weighted by atomic mass is 10.1. The molecule has 1 heterocycles. The monoisotopic (exact) mass is 241 g/mol. The molecule has 5 heteroatoms. The van der Waals surface area contributed by atoms with Gasteiger partial charge in [-0.1, -0.05) is 6.07 Å². The third-order valence-corrected chi connectivity index (χ3v) is 2.40. The fraction of sp³-hybridized carbons (Fsp3) is 0.250. The van der Waals surface area contributed by atoms with Gasteiger partial charge in [-0.3, -0.25) is 4.98 Å². The van der Waals surface area contributed by atoms with Crippen molar-refractivity contribution in [3.8, 4) is 5.75 Å². The van der Waals surface area contributed by atoms with Crippen LogP contribution in [0.15, 0.2) is 30.5 Å². The first-order chi connectivity index (χ1) is 7.97. The summed E-state index contributed by atoms with van der Waals surface area (Å²) in [4.78, 5) is 4.11. The molecule has 0 N–H and O–H groups in total. The number of benzene rings is 1. The summed E-state index contributed by atoms with van der Waals surface area (Å²) in [5.41, 5.74) is 1.41. The molecule has 0 atom stereocenters. The Morgan fingerprint density at radius 3 is 2.71 bits per heavy atom. The molecule has 0 unspecified atom stereocenters. The number of halogens is 3. The Kier molecular flexibility index (Phi) is 2.92. The highest BCUT2D eigenvalue weighted by molar-refractivity contribution is 5.84. The molecule has 2 rings (SSSR count). The maximum absolute atomic E-state index is 12.0. The van der Waals surface area contributed by atoms with E-state index in [1.807, 2.05) is 0 Å². The van der Waals surface area contributed by atoms with Gasteiger partial charge in [-0.2, -0.15) is 13.2 Å². The van der Waals surface area contributed by atoms with Gasteiger partial charge in [0.15, 0.2) is 6.61 Å². The van der Waals surface area contributed by atoms with E-state index in [-0.39, 0.29) is 5.75 Å². The molecular weight excluding hydrogens is 231 g/mol. The number of aromatic nitrogens is 1. The van der Waals surface area contributed by atoms with Gasteiger partial charge in [-0.15, -0.1) is 0 Å². The second-order valence-electron chi connectivity index (χ2n) is 3.66. The third-order valence-electron chi connectivity index (χ3n) is 2.40. The van der Waals surface area contributed by atoms with Crippen LogP contribution in [0, 0.1) is 6.92 Å². The first-order valence-electron chi connectivity index (χ1n) is 5.01. The first-order valence-corrected chi connectivity index (χ1v) is 5.01. The predicted octanol–water partition coefficient (Wildman–Crippen LogP) is 3.48. The van der Waals surface area contributed by atoms with E-state index in [4.69, 9.17) is 4.74 Å². The minimum absolute atomic E-state index is 0.239. The Morgan fingerprint density at radius 2 is 2.00 bits per heavy atom. The second kappa shape index (κ2) is 4.24. The third kappa shape index (κ3) is 2.67. The quantitative estimate of drug-likeness (QED) is 0.803. The average Bonchev–Trinajstić information content (AvgIpc) is 2.27. The molecule has 0 aliphatic rings. The van der Waals surface area contributed by atoms with Crippen LogP contribution in [0.5, 0.6) is 5.75 Å². The molecule has 0 aliphatic carbocycles. The first kappa shape index (κ1) is 11.7.